The fourth-order valence-corrected chi connectivity index (χ4v) is 5.66. The Kier molecular flexibility index (Phi) is 8.83. The summed E-state index contributed by atoms with van der Waals surface area (Å²) in [6, 6.07) is 11.7. The molecule has 0 N–H and O–H groups in total. The van der Waals surface area contributed by atoms with E-state index in [2.05, 4.69) is 4.90 Å². The molecule has 2 fully saturated rings. The molecule has 2 aliphatic rings. The molecule has 0 spiro atoms. The molecule has 39 heavy (non-hydrogen) atoms. The molecule has 2 aromatic carbocycles. The highest BCUT2D eigenvalue weighted by atomic mass is 32.2. The summed E-state index contributed by atoms with van der Waals surface area (Å²) in [4.78, 5) is 31.2. The minimum absolute atomic E-state index is 0.121. The number of carbonyl (C=O) groups excluding carboxylic acids is 2. The summed E-state index contributed by atoms with van der Waals surface area (Å²) in [5.41, 5.74) is -0.0908. The SMILES string of the molecule is CC(C)(C)OC(=O)N1CCN(C(=O)C=Cc2ccc(Sc3ccccc3N3CCCC3)c(C(F)(F)F)c2)CC1. The van der Waals surface area contributed by atoms with Gasteiger partial charge in [0.25, 0.3) is 0 Å². The van der Waals surface area contributed by atoms with Gasteiger partial charge in [-0.25, -0.2) is 4.79 Å². The van der Waals surface area contributed by atoms with Gasteiger partial charge in [-0.1, -0.05) is 30.0 Å². The van der Waals surface area contributed by atoms with Crippen LogP contribution in [0.1, 0.15) is 44.7 Å². The molecule has 0 atom stereocenters. The Bertz CT molecular complexity index is 1210. The molecule has 10 heteroatoms. The van der Waals surface area contributed by atoms with Crippen molar-refractivity contribution in [3.05, 3.63) is 59.7 Å². The predicted molar refractivity (Wildman–Crippen MR) is 147 cm³/mol. The lowest BCUT2D eigenvalue weighted by Gasteiger charge is -2.35. The van der Waals surface area contributed by atoms with Crippen LogP contribution in [0.15, 0.2) is 58.3 Å². The van der Waals surface area contributed by atoms with Gasteiger partial charge < -0.3 is 19.4 Å². The zero-order chi connectivity index (χ0) is 28.2. The van der Waals surface area contributed by atoms with Gasteiger partial charge in [0.1, 0.15) is 5.60 Å². The number of benzene rings is 2. The molecule has 2 amide bonds. The van der Waals surface area contributed by atoms with Crippen molar-refractivity contribution in [2.75, 3.05) is 44.2 Å². The second-order valence-electron chi connectivity index (χ2n) is 10.6. The fourth-order valence-electron chi connectivity index (χ4n) is 4.55. The molecule has 2 aromatic rings. The predicted octanol–water partition coefficient (Wildman–Crippen LogP) is 6.55. The van der Waals surface area contributed by atoms with E-state index in [1.165, 1.54) is 18.2 Å². The van der Waals surface area contributed by atoms with E-state index in [1.54, 1.807) is 36.6 Å². The van der Waals surface area contributed by atoms with E-state index in [1.807, 2.05) is 24.3 Å². The van der Waals surface area contributed by atoms with E-state index in [0.29, 0.717) is 31.7 Å². The smallest absolute Gasteiger partial charge is 0.417 e. The van der Waals surface area contributed by atoms with Gasteiger partial charge in [0, 0.05) is 55.1 Å². The topological polar surface area (TPSA) is 53.1 Å². The Balaban J connectivity index is 1.44. The molecule has 0 saturated carbocycles. The van der Waals surface area contributed by atoms with Crippen molar-refractivity contribution in [2.24, 2.45) is 0 Å². The maximum atomic E-state index is 14.1. The molecule has 0 bridgehead atoms. The van der Waals surface area contributed by atoms with Crippen molar-refractivity contribution in [3.8, 4) is 0 Å². The van der Waals surface area contributed by atoms with Crippen LogP contribution in [0.2, 0.25) is 0 Å². The molecule has 6 nitrogen and oxygen atoms in total. The highest BCUT2D eigenvalue weighted by Crippen LogP contribution is 2.43. The number of hydrogen-bond donors (Lipinski definition) is 0. The molecule has 210 valence electrons. The minimum Gasteiger partial charge on any atom is -0.444 e. The fraction of sp³-hybridized carbons (Fsp3) is 0.448. The van der Waals surface area contributed by atoms with Crippen LogP contribution in [0.4, 0.5) is 23.7 Å². The molecule has 4 rings (SSSR count). The van der Waals surface area contributed by atoms with Gasteiger partial charge >= 0.3 is 12.3 Å². The summed E-state index contributed by atoms with van der Waals surface area (Å²) in [5, 5.41) is 0. The number of ether oxygens (including phenoxy) is 1. The number of para-hydroxylation sites is 1. The Morgan fingerprint density at radius 2 is 1.51 bits per heavy atom. The summed E-state index contributed by atoms with van der Waals surface area (Å²) in [7, 11) is 0. The molecule has 0 radical (unpaired) electrons. The largest absolute Gasteiger partial charge is 0.444 e. The van der Waals surface area contributed by atoms with Gasteiger partial charge in [-0.2, -0.15) is 13.2 Å². The summed E-state index contributed by atoms with van der Waals surface area (Å²) < 4.78 is 47.6. The quantitative estimate of drug-likeness (QED) is 0.388. The van der Waals surface area contributed by atoms with Crippen molar-refractivity contribution in [3.63, 3.8) is 0 Å². The standard InChI is InChI=1S/C29H34F3N3O3S/c1-28(2,3)38-27(37)35-18-16-34(17-19-35)26(36)13-11-21-10-12-24(22(20-21)29(30,31)32)39-25-9-5-4-8-23(25)33-14-6-7-15-33/h4-5,8-13,20H,6-7,14-19H2,1-3H3. The van der Waals surface area contributed by atoms with Crippen LogP contribution in [0, 0.1) is 0 Å². The number of amides is 2. The van der Waals surface area contributed by atoms with Gasteiger partial charge in [0.2, 0.25) is 5.91 Å². The maximum absolute atomic E-state index is 14.1. The lowest BCUT2D eigenvalue weighted by atomic mass is 10.1. The molecular weight excluding hydrogens is 527 g/mol. The zero-order valence-corrected chi connectivity index (χ0v) is 23.3. The molecule has 2 saturated heterocycles. The number of anilines is 1. The summed E-state index contributed by atoms with van der Waals surface area (Å²) >= 11 is 1.11. The summed E-state index contributed by atoms with van der Waals surface area (Å²) in [6.07, 6.45) is -0.126. The van der Waals surface area contributed by atoms with Crippen molar-refractivity contribution in [2.45, 2.75) is 55.2 Å². The van der Waals surface area contributed by atoms with Crippen LogP contribution >= 0.6 is 11.8 Å². The van der Waals surface area contributed by atoms with Gasteiger partial charge in [-0.15, -0.1) is 0 Å². The van der Waals surface area contributed by atoms with Gasteiger partial charge in [0.15, 0.2) is 0 Å². The van der Waals surface area contributed by atoms with Gasteiger partial charge in [-0.3, -0.25) is 4.79 Å². The Morgan fingerprint density at radius 3 is 2.15 bits per heavy atom. The first-order valence-electron chi connectivity index (χ1n) is 13.1. The van der Waals surface area contributed by atoms with E-state index >= 15 is 0 Å². The molecule has 2 heterocycles. The number of alkyl halides is 3. The number of halogens is 3. The van der Waals surface area contributed by atoms with Crippen LogP contribution in [0.25, 0.3) is 6.08 Å². The van der Waals surface area contributed by atoms with Crippen LogP contribution in [-0.2, 0) is 15.7 Å². The Labute approximate surface area is 231 Å². The first-order valence-corrected chi connectivity index (χ1v) is 13.9. The zero-order valence-electron chi connectivity index (χ0n) is 22.5. The van der Waals surface area contributed by atoms with Crippen molar-refractivity contribution in [1.29, 1.82) is 0 Å². The van der Waals surface area contributed by atoms with Crippen LogP contribution in [0.3, 0.4) is 0 Å². The van der Waals surface area contributed by atoms with Crippen LogP contribution in [-0.4, -0.2) is 66.7 Å². The molecule has 0 aromatic heterocycles. The van der Waals surface area contributed by atoms with E-state index in [0.717, 1.165) is 54.3 Å². The third-order valence-corrected chi connectivity index (χ3v) is 7.64. The number of piperazine rings is 1. The first kappa shape index (κ1) is 28.9. The third kappa shape index (κ3) is 7.71. The third-order valence-electron chi connectivity index (χ3n) is 6.50. The van der Waals surface area contributed by atoms with E-state index in [-0.39, 0.29) is 10.8 Å². The highest BCUT2D eigenvalue weighted by molar-refractivity contribution is 7.99. The highest BCUT2D eigenvalue weighted by Gasteiger charge is 2.34. The maximum Gasteiger partial charge on any atom is 0.417 e. The number of rotatable bonds is 5. The normalized spacial score (nSPS) is 16.7. The van der Waals surface area contributed by atoms with Gasteiger partial charge in [-0.05, 0) is 69.5 Å². The molecule has 0 aliphatic carbocycles. The number of carbonyl (C=O) groups is 2. The monoisotopic (exact) mass is 561 g/mol. The molecule has 2 aliphatic heterocycles. The Hall–Kier alpha value is -3.14. The second kappa shape index (κ2) is 11.9. The number of nitrogens with zero attached hydrogens (tertiary/aromatic N) is 3. The van der Waals surface area contributed by atoms with E-state index < -0.39 is 23.4 Å². The van der Waals surface area contributed by atoms with Gasteiger partial charge in [0.05, 0.1) is 11.3 Å². The van der Waals surface area contributed by atoms with Crippen molar-refractivity contribution < 1.29 is 27.5 Å². The molecule has 0 unspecified atom stereocenters. The van der Waals surface area contributed by atoms with Crippen LogP contribution < -0.4 is 4.90 Å². The van der Waals surface area contributed by atoms with Crippen molar-refractivity contribution in [1.82, 2.24) is 9.80 Å². The average Bonchev–Trinajstić information content (AvgIpc) is 3.41. The second-order valence-corrected chi connectivity index (χ2v) is 11.7. The minimum atomic E-state index is -4.54. The first-order chi connectivity index (χ1) is 18.4. The molecular formula is C29H34F3N3O3S. The average molecular weight is 562 g/mol. The number of hydrogen-bond acceptors (Lipinski definition) is 5. The van der Waals surface area contributed by atoms with E-state index in [9.17, 15) is 22.8 Å². The van der Waals surface area contributed by atoms with E-state index in [4.69, 9.17) is 4.74 Å². The van der Waals surface area contributed by atoms with Crippen LogP contribution in [0.5, 0.6) is 0 Å². The lowest BCUT2D eigenvalue weighted by Crippen LogP contribution is -2.51. The lowest BCUT2D eigenvalue weighted by molar-refractivity contribution is -0.139. The summed E-state index contributed by atoms with van der Waals surface area (Å²) in [5.74, 6) is -0.314. The van der Waals surface area contributed by atoms with Crippen molar-refractivity contribution >= 4 is 35.5 Å². The summed E-state index contributed by atoms with van der Waals surface area (Å²) in [6.45, 7) is 8.48. The Morgan fingerprint density at radius 1 is 0.872 bits per heavy atom.